The summed E-state index contributed by atoms with van der Waals surface area (Å²) in [5, 5.41) is 48.9. The van der Waals surface area contributed by atoms with Gasteiger partial charge in [-0.2, -0.15) is 0 Å². The van der Waals surface area contributed by atoms with E-state index in [2.05, 4.69) is 0 Å². The Bertz CT molecular complexity index is 688. The molecule has 1 aliphatic carbocycles. The van der Waals surface area contributed by atoms with Crippen LogP contribution < -0.4 is 0 Å². The molecule has 0 aromatic heterocycles. The van der Waals surface area contributed by atoms with E-state index in [1.54, 1.807) is 0 Å². The van der Waals surface area contributed by atoms with Gasteiger partial charge in [0, 0.05) is 12.3 Å². The van der Waals surface area contributed by atoms with E-state index in [-0.39, 0.29) is 43.4 Å². The molecule has 10 heteroatoms. The first-order valence-electron chi connectivity index (χ1n) is 10.5. The van der Waals surface area contributed by atoms with E-state index in [0.29, 0.717) is 17.6 Å². The second-order valence-electron chi connectivity index (χ2n) is 8.60. The predicted octanol–water partition coefficient (Wildman–Crippen LogP) is -0.813. The Kier molecular flexibility index (Phi) is 8.08. The number of hydrogen-bond acceptors (Lipinski definition) is 10. The Morgan fingerprint density at radius 3 is 2.52 bits per heavy atom. The molecule has 5 N–H and O–H groups in total. The molecule has 0 unspecified atom stereocenters. The molecule has 2 aliphatic heterocycles. The van der Waals surface area contributed by atoms with Crippen LogP contribution in [0.3, 0.4) is 0 Å². The second kappa shape index (κ2) is 10.4. The molecule has 2 heterocycles. The average Bonchev–Trinajstić information content (AvgIpc) is 3.17. The highest BCUT2D eigenvalue weighted by molar-refractivity contribution is 5.69. The molecule has 1 fully saturated rings. The lowest BCUT2D eigenvalue weighted by Crippen LogP contribution is -2.59. The Hall–Kier alpha value is -1.53. The molecule has 0 saturated carbocycles. The standard InChI is InChI=1S/C21H32O10/c1-10(2)5-15(24)31-20-16-11(6-22)3-4-13(16)12(8-28-20)9-29-21-19(27)18(26)17(25)14(7-23)30-21/h3,8,10,13-14,16-23,25-27H,4-7,9H2,1-2H3/t13-,14-,16-,17-,18-,19+,20+,21-/m1/s1. The number of carbonyl (C=O) groups is 1. The summed E-state index contributed by atoms with van der Waals surface area (Å²) in [5.41, 5.74) is 1.42. The number of aliphatic hydroxyl groups excluding tert-OH is 5. The van der Waals surface area contributed by atoms with Crippen molar-refractivity contribution in [2.24, 2.45) is 17.8 Å². The number of rotatable bonds is 8. The molecule has 176 valence electrons. The van der Waals surface area contributed by atoms with E-state index in [4.69, 9.17) is 18.9 Å². The number of hydrogen-bond donors (Lipinski definition) is 5. The molecular formula is C21H32O10. The van der Waals surface area contributed by atoms with Crippen LogP contribution in [0.1, 0.15) is 26.7 Å². The molecule has 10 nitrogen and oxygen atoms in total. The minimum absolute atomic E-state index is 0.0247. The topological polar surface area (TPSA) is 155 Å². The normalized spacial score (nSPS) is 37.7. The van der Waals surface area contributed by atoms with Crippen LogP contribution in [0.4, 0.5) is 0 Å². The summed E-state index contributed by atoms with van der Waals surface area (Å²) in [6.07, 6.45) is -3.49. The fraction of sp³-hybridized carbons (Fsp3) is 0.762. The van der Waals surface area contributed by atoms with Gasteiger partial charge in [-0.1, -0.05) is 19.9 Å². The maximum Gasteiger partial charge on any atom is 0.309 e. The molecule has 0 radical (unpaired) electrons. The third kappa shape index (κ3) is 5.28. The first-order valence-corrected chi connectivity index (χ1v) is 10.5. The zero-order chi connectivity index (χ0) is 22.7. The Morgan fingerprint density at radius 1 is 1.13 bits per heavy atom. The highest BCUT2D eigenvalue weighted by Crippen LogP contribution is 2.43. The van der Waals surface area contributed by atoms with Crippen molar-refractivity contribution >= 4 is 5.97 Å². The second-order valence-corrected chi connectivity index (χ2v) is 8.60. The number of allylic oxidation sites excluding steroid dienone is 1. The lowest BCUT2D eigenvalue weighted by Gasteiger charge is -2.40. The smallest absolute Gasteiger partial charge is 0.309 e. The maximum atomic E-state index is 12.1. The van der Waals surface area contributed by atoms with E-state index in [0.717, 1.165) is 0 Å². The summed E-state index contributed by atoms with van der Waals surface area (Å²) in [7, 11) is 0. The van der Waals surface area contributed by atoms with Gasteiger partial charge in [0.2, 0.25) is 6.29 Å². The number of ether oxygens (including phenoxy) is 4. The van der Waals surface area contributed by atoms with Gasteiger partial charge in [-0.25, -0.2) is 0 Å². The number of aliphatic hydroxyl groups is 5. The molecule has 3 aliphatic rings. The molecule has 31 heavy (non-hydrogen) atoms. The van der Waals surface area contributed by atoms with Gasteiger partial charge in [0.25, 0.3) is 0 Å². The summed E-state index contributed by atoms with van der Waals surface area (Å²) < 4.78 is 22.2. The summed E-state index contributed by atoms with van der Waals surface area (Å²) in [6, 6.07) is 0. The van der Waals surface area contributed by atoms with Crippen LogP contribution in [0, 0.1) is 17.8 Å². The number of esters is 1. The summed E-state index contributed by atoms with van der Waals surface area (Å²) in [5.74, 6) is -0.740. The molecule has 8 atom stereocenters. The van der Waals surface area contributed by atoms with Gasteiger partial charge in [0.15, 0.2) is 6.29 Å². The highest BCUT2D eigenvalue weighted by atomic mass is 16.7. The van der Waals surface area contributed by atoms with Crippen molar-refractivity contribution in [3.8, 4) is 0 Å². The van der Waals surface area contributed by atoms with E-state index < -0.39 is 43.6 Å². The summed E-state index contributed by atoms with van der Waals surface area (Å²) >= 11 is 0. The van der Waals surface area contributed by atoms with Crippen molar-refractivity contribution in [1.82, 2.24) is 0 Å². The van der Waals surface area contributed by atoms with E-state index in [1.165, 1.54) is 6.26 Å². The van der Waals surface area contributed by atoms with E-state index in [9.17, 15) is 30.3 Å². The zero-order valence-corrected chi connectivity index (χ0v) is 17.7. The van der Waals surface area contributed by atoms with Crippen molar-refractivity contribution in [3.63, 3.8) is 0 Å². The quantitative estimate of drug-likeness (QED) is 0.237. The highest BCUT2D eigenvalue weighted by Gasteiger charge is 2.46. The Morgan fingerprint density at radius 2 is 1.87 bits per heavy atom. The van der Waals surface area contributed by atoms with Crippen LogP contribution in [0.2, 0.25) is 0 Å². The lowest BCUT2D eigenvalue weighted by atomic mass is 9.84. The van der Waals surface area contributed by atoms with Gasteiger partial charge >= 0.3 is 5.97 Å². The predicted molar refractivity (Wildman–Crippen MR) is 105 cm³/mol. The third-order valence-corrected chi connectivity index (χ3v) is 5.89. The summed E-state index contributed by atoms with van der Waals surface area (Å²) in [4.78, 5) is 12.1. The van der Waals surface area contributed by atoms with Gasteiger partial charge in [-0.3, -0.25) is 4.79 Å². The summed E-state index contributed by atoms with van der Waals surface area (Å²) in [6.45, 7) is 3.06. The first kappa shape index (κ1) is 24.1. The minimum atomic E-state index is -1.53. The fourth-order valence-electron chi connectivity index (χ4n) is 4.20. The van der Waals surface area contributed by atoms with Crippen LogP contribution in [-0.4, -0.2) is 88.3 Å². The zero-order valence-electron chi connectivity index (χ0n) is 17.7. The molecule has 1 saturated heterocycles. The van der Waals surface area contributed by atoms with Gasteiger partial charge in [0.05, 0.1) is 32.0 Å². The number of fused-ring (bicyclic) bond motifs is 1. The fourth-order valence-corrected chi connectivity index (χ4v) is 4.20. The maximum absolute atomic E-state index is 12.1. The largest absolute Gasteiger partial charge is 0.462 e. The van der Waals surface area contributed by atoms with Crippen molar-refractivity contribution in [1.29, 1.82) is 0 Å². The van der Waals surface area contributed by atoms with Crippen LogP contribution in [0.5, 0.6) is 0 Å². The first-order chi connectivity index (χ1) is 14.8. The Labute approximate surface area is 180 Å². The van der Waals surface area contributed by atoms with Crippen LogP contribution in [-0.2, 0) is 23.7 Å². The van der Waals surface area contributed by atoms with E-state index >= 15 is 0 Å². The molecule has 0 spiro atoms. The van der Waals surface area contributed by atoms with Gasteiger partial charge in [-0.15, -0.1) is 0 Å². The van der Waals surface area contributed by atoms with Gasteiger partial charge in [0.1, 0.15) is 24.4 Å². The Balaban J connectivity index is 1.66. The third-order valence-electron chi connectivity index (χ3n) is 5.89. The van der Waals surface area contributed by atoms with Crippen molar-refractivity contribution in [2.75, 3.05) is 19.8 Å². The van der Waals surface area contributed by atoms with Gasteiger partial charge < -0.3 is 44.5 Å². The van der Waals surface area contributed by atoms with Crippen LogP contribution in [0.15, 0.2) is 23.5 Å². The lowest BCUT2D eigenvalue weighted by molar-refractivity contribution is -0.299. The van der Waals surface area contributed by atoms with Crippen molar-refractivity contribution in [2.45, 2.75) is 63.7 Å². The monoisotopic (exact) mass is 444 g/mol. The van der Waals surface area contributed by atoms with Crippen molar-refractivity contribution < 1.29 is 49.3 Å². The molecule has 3 rings (SSSR count). The van der Waals surface area contributed by atoms with Gasteiger partial charge in [-0.05, 0) is 23.5 Å². The van der Waals surface area contributed by atoms with Crippen molar-refractivity contribution in [3.05, 3.63) is 23.5 Å². The SMILES string of the molecule is CC(C)CC(=O)O[C@@H]1OC=C(CO[C@@H]2O[C@H](CO)[C@@H](O)[C@@H](O)[C@@H]2O)[C@H]2CC=C(CO)[C@@H]12. The minimum Gasteiger partial charge on any atom is -0.462 e. The number of carbonyl (C=O) groups excluding carboxylic acids is 1. The molecule has 0 amide bonds. The molecular weight excluding hydrogens is 412 g/mol. The molecule has 0 bridgehead atoms. The molecule has 0 aromatic rings. The molecule has 0 aromatic carbocycles. The van der Waals surface area contributed by atoms with Crippen LogP contribution in [0.25, 0.3) is 0 Å². The van der Waals surface area contributed by atoms with E-state index in [1.807, 2.05) is 19.9 Å². The average molecular weight is 444 g/mol. The van der Waals surface area contributed by atoms with Crippen LogP contribution >= 0.6 is 0 Å².